The normalized spacial score (nSPS) is 13.0. The fourth-order valence-corrected chi connectivity index (χ4v) is 0.948. The van der Waals surface area contributed by atoms with Gasteiger partial charge in [0.1, 0.15) is 0 Å². The molecule has 1 radical (unpaired) electrons. The van der Waals surface area contributed by atoms with Gasteiger partial charge >= 0.3 is 0 Å². The zero-order valence-corrected chi connectivity index (χ0v) is 6.38. The van der Waals surface area contributed by atoms with Crippen molar-refractivity contribution in [2.24, 2.45) is 0 Å². The van der Waals surface area contributed by atoms with E-state index in [9.17, 15) is 0 Å². The standard InChI is InChI=1S/C10H13/c1-3-9(2)10-7-5-4-6-8-10/h4-9H,1,3H2,2H3/t9-/m1/s1. The van der Waals surface area contributed by atoms with Crippen molar-refractivity contribution in [3.05, 3.63) is 42.8 Å². The molecule has 0 heterocycles. The maximum absolute atomic E-state index is 3.86. The Morgan fingerprint density at radius 2 is 1.90 bits per heavy atom. The van der Waals surface area contributed by atoms with Gasteiger partial charge in [-0.05, 0) is 17.9 Å². The highest BCUT2D eigenvalue weighted by Crippen LogP contribution is 2.16. The molecule has 0 saturated heterocycles. The van der Waals surface area contributed by atoms with Crippen LogP contribution in [0.25, 0.3) is 0 Å². The van der Waals surface area contributed by atoms with E-state index >= 15 is 0 Å². The van der Waals surface area contributed by atoms with Gasteiger partial charge in [-0.2, -0.15) is 0 Å². The van der Waals surface area contributed by atoms with Crippen molar-refractivity contribution in [3.63, 3.8) is 0 Å². The molecule has 0 heteroatoms. The van der Waals surface area contributed by atoms with Crippen LogP contribution >= 0.6 is 0 Å². The minimum absolute atomic E-state index is 0.598. The lowest BCUT2D eigenvalue weighted by molar-refractivity contribution is 0.778. The first-order valence-electron chi connectivity index (χ1n) is 3.68. The van der Waals surface area contributed by atoms with E-state index in [2.05, 4.69) is 38.1 Å². The van der Waals surface area contributed by atoms with Crippen LogP contribution in [0.1, 0.15) is 24.8 Å². The third-order valence-electron chi connectivity index (χ3n) is 1.80. The molecule has 53 valence electrons. The molecule has 0 saturated carbocycles. The molecule has 1 aromatic rings. The van der Waals surface area contributed by atoms with Gasteiger partial charge in [0.15, 0.2) is 0 Å². The van der Waals surface area contributed by atoms with Crippen LogP contribution in [-0.4, -0.2) is 0 Å². The van der Waals surface area contributed by atoms with Crippen molar-refractivity contribution < 1.29 is 0 Å². The summed E-state index contributed by atoms with van der Waals surface area (Å²) in [5.74, 6) is 0.598. The Balaban J connectivity index is 2.75. The molecule has 0 nitrogen and oxygen atoms in total. The maximum atomic E-state index is 3.86. The Kier molecular flexibility index (Phi) is 2.49. The predicted octanol–water partition coefficient (Wildman–Crippen LogP) is 3.01. The van der Waals surface area contributed by atoms with Gasteiger partial charge in [-0.15, -0.1) is 0 Å². The molecule has 0 aliphatic rings. The topological polar surface area (TPSA) is 0 Å². The Labute approximate surface area is 62.9 Å². The molecule has 0 aliphatic carbocycles. The van der Waals surface area contributed by atoms with E-state index in [1.807, 2.05) is 6.07 Å². The third kappa shape index (κ3) is 1.60. The molecule has 0 unspecified atom stereocenters. The van der Waals surface area contributed by atoms with Gasteiger partial charge in [0.2, 0.25) is 0 Å². The summed E-state index contributed by atoms with van der Waals surface area (Å²) >= 11 is 0. The molecular formula is C10H13. The van der Waals surface area contributed by atoms with E-state index in [1.54, 1.807) is 0 Å². The summed E-state index contributed by atoms with van der Waals surface area (Å²) in [6.07, 6.45) is 0.976. The Morgan fingerprint density at radius 3 is 2.40 bits per heavy atom. The van der Waals surface area contributed by atoms with Gasteiger partial charge in [-0.25, -0.2) is 0 Å². The third-order valence-corrected chi connectivity index (χ3v) is 1.80. The number of benzene rings is 1. The molecule has 0 fully saturated rings. The Bertz CT molecular complexity index is 176. The maximum Gasteiger partial charge on any atom is -0.0190 e. The first-order valence-corrected chi connectivity index (χ1v) is 3.68. The van der Waals surface area contributed by atoms with E-state index in [1.165, 1.54) is 5.56 Å². The summed E-state index contributed by atoms with van der Waals surface area (Å²) in [5, 5.41) is 0. The highest BCUT2D eigenvalue weighted by Gasteiger charge is 1.98. The van der Waals surface area contributed by atoms with Crippen LogP contribution in [-0.2, 0) is 0 Å². The largest absolute Gasteiger partial charge is 0.0622 e. The summed E-state index contributed by atoms with van der Waals surface area (Å²) in [5.41, 5.74) is 1.39. The molecule has 1 atom stereocenters. The van der Waals surface area contributed by atoms with Gasteiger partial charge in [-0.1, -0.05) is 44.2 Å². The van der Waals surface area contributed by atoms with Crippen LogP contribution in [0.4, 0.5) is 0 Å². The molecule has 0 aromatic heterocycles. The molecule has 0 aliphatic heterocycles. The van der Waals surface area contributed by atoms with Gasteiger partial charge in [0.05, 0.1) is 0 Å². The zero-order chi connectivity index (χ0) is 7.40. The van der Waals surface area contributed by atoms with Gasteiger partial charge in [0.25, 0.3) is 0 Å². The summed E-state index contributed by atoms with van der Waals surface area (Å²) in [6, 6.07) is 10.5. The van der Waals surface area contributed by atoms with Crippen molar-refractivity contribution in [1.82, 2.24) is 0 Å². The average molecular weight is 133 g/mol. The van der Waals surface area contributed by atoms with Crippen LogP contribution in [0.2, 0.25) is 0 Å². The van der Waals surface area contributed by atoms with Crippen LogP contribution in [0.15, 0.2) is 30.3 Å². The summed E-state index contributed by atoms with van der Waals surface area (Å²) in [6.45, 7) is 6.06. The average Bonchev–Trinajstić information content (AvgIpc) is 2.05. The molecular weight excluding hydrogens is 120 g/mol. The van der Waals surface area contributed by atoms with Crippen molar-refractivity contribution in [2.45, 2.75) is 19.3 Å². The Morgan fingerprint density at radius 1 is 1.30 bits per heavy atom. The second kappa shape index (κ2) is 3.40. The smallest absolute Gasteiger partial charge is 0.0190 e. The SMILES string of the molecule is [CH2]C[C@@H](C)c1ccccc1. The van der Waals surface area contributed by atoms with Crippen LogP contribution in [0.3, 0.4) is 0 Å². The predicted molar refractivity (Wildman–Crippen MR) is 44.8 cm³/mol. The number of hydrogen-bond donors (Lipinski definition) is 0. The van der Waals surface area contributed by atoms with Crippen molar-refractivity contribution >= 4 is 0 Å². The monoisotopic (exact) mass is 133 g/mol. The van der Waals surface area contributed by atoms with Gasteiger partial charge in [0, 0.05) is 0 Å². The second-order valence-corrected chi connectivity index (χ2v) is 2.60. The van der Waals surface area contributed by atoms with Crippen LogP contribution in [0, 0.1) is 6.92 Å². The summed E-state index contributed by atoms with van der Waals surface area (Å²) < 4.78 is 0. The zero-order valence-electron chi connectivity index (χ0n) is 6.38. The van der Waals surface area contributed by atoms with E-state index in [0.29, 0.717) is 5.92 Å². The highest BCUT2D eigenvalue weighted by atomic mass is 14.0. The van der Waals surface area contributed by atoms with Gasteiger partial charge in [-0.3, -0.25) is 0 Å². The number of rotatable bonds is 2. The first-order chi connectivity index (χ1) is 4.84. The van der Waals surface area contributed by atoms with Crippen molar-refractivity contribution in [2.75, 3.05) is 0 Å². The molecule has 10 heavy (non-hydrogen) atoms. The summed E-state index contributed by atoms with van der Waals surface area (Å²) in [4.78, 5) is 0. The minimum atomic E-state index is 0.598. The van der Waals surface area contributed by atoms with E-state index in [4.69, 9.17) is 0 Å². The fourth-order valence-electron chi connectivity index (χ4n) is 0.948. The lowest BCUT2D eigenvalue weighted by Crippen LogP contribution is -1.88. The lowest BCUT2D eigenvalue weighted by atomic mass is 9.99. The van der Waals surface area contributed by atoms with Crippen LogP contribution < -0.4 is 0 Å². The minimum Gasteiger partial charge on any atom is -0.0622 e. The van der Waals surface area contributed by atoms with Gasteiger partial charge < -0.3 is 0 Å². The first kappa shape index (κ1) is 7.33. The quantitative estimate of drug-likeness (QED) is 0.581. The molecule has 0 amide bonds. The highest BCUT2D eigenvalue weighted by molar-refractivity contribution is 5.18. The Hall–Kier alpha value is -0.780. The molecule has 1 rings (SSSR count). The van der Waals surface area contributed by atoms with Crippen molar-refractivity contribution in [3.8, 4) is 0 Å². The molecule has 0 bridgehead atoms. The van der Waals surface area contributed by atoms with Crippen molar-refractivity contribution in [1.29, 1.82) is 0 Å². The lowest BCUT2D eigenvalue weighted by Gasteiger charge is -2.06. The van der Waals surface area contributed by atoms with E-state index in [-0.39, 0.29) is 0 Å². The fraction of sp³-hybridized carbons (Fsp3) is 0.300. The molecule has 0 spiro atoms. The number of hydrogen-bond acceptors (Lipinski definition) is 0. The second-order valence-electron chi connectivity index (χ2n) is 2.60. The molecule has 1 aromatic carbocycles. The van der Waals surface area contributed by atoms with Crippen LogP contribution in [0.5, 0.6) is 0 Å². The van der Waals surface area contributed by atoms with E-state index < -0.39 is 0 Å². The summed E-state index contributed by atoms with van der Waals surface area (Å²) in [7, 11) is 0. The molecule has 0 N–H and O–H groups in total. The van der Waals surface area contributed by atoms with E-state index in [0.717, 1.165) is 6.42 Å².